The van der Waals surface area contributed by atoms with E-state index >= 15 is 0 Å². The van der Waals surface area contributed by atoms with E-state index in [1.54, 1.807) is 0 Å². The van der Waals surface area contributed by atoms with E-state index in [2.05, 4.69) is 27.0 Å². The van der Waals surface area contributed by atoms with E-state index in [9.17, 15) is 9.90 Å². The number of carbonyl (C=O) groups excluding carboxylic acids is 1. The number of nitrogens with one attached hydrogen (secondary N) is 1. The van der Waals surface area contributed by atoms with Crippen molar-refractivity contribution in [3.8, 4) is 0 Å². The van der Waals surface area contributed by atoms with Gasteiger partial charge in [-0.15, -0.1) is 11.3 Å². The van der Waals surface area contributed by atoms with Crippen LogP contribution in [0.2, 0.25) is 0 Å². The zero-order valence-electron chi connectivity index (χ0n) is 12.9. The molecule has 118 valence electrons. The lowest BCUT2D eigenvalue weighted by Crippen LogP contribution is -2.53. The summed E-state index contributed by atoms with van der Waals surface area (Å²) in [4.78, 5) is 20.1. The van der Waals surface area contributed by atoms with Crippen molar-refractivity contribution in [1.29, 1.82) is 0 Å². The molecule has 0 bridgehead atoms. The molecule has 1 saturated heterocycles. The zero-order chi connectivity index (χ0) is 15.4. The standard InChI is InChI=1S/C14H24N4O2S/c1-10-6-17(4-5-18(10)7-11(2)19)8-13-9-21-14(16-13)15-12(3)20/h9-11,19H,4-8H2,1-3H3,(H,15,16,20)/t10-,11-/m1/s1. The van der Waals surface area contributed by atoms with Crippen LogP contribution in [-0.2, 0) is 11.3 Å². The van der Waals surface area contributed by atoms with Gasteiger partial charge >= 0.3 is 0 Å². The Bertz CT molecular complexity index is 477. The molecule has 1 aromatic heterocycles. The van der Waals surface area contributed by atoms with E-state index in [0.717, 1.165) is 38.4 Å². The molecule has 2 atom stereocenters. The number of aromatic nitrogens is 1. The van der Waals surface area contributed by atoms with Crippen molar-refractivity contribution >= 4 is 22.4 Å². The van der Waals surface area contributed by atoms with E-state index in [4.69, 9.17) is 0 Å². The first kappa shape index (κ1) is 16.4. The third-order valence-corrected chi connectivity index (χ3v) is 4.37. The van der Waals surface area contributed by atoms with Crippen LogP contribution in [0.25, 0.3) is 0 Å². The second kappa shape index (κ2) is 7.31. The van der Waals surface area contributed by atoms with Crippen LogP contribution >= 0.6 is 11.3 Å². The lowest BCUT2D eigenvalue weighted by atomic mass is 10.1. The third kappa shape index (κ3) is 5.03. The van der Waals surface area contributed by atoms with Gasteiger partial charge in [-0.05, 0) is 13.8 Å². The Morgan fingerprint density at radius 1 is 1.62 bits per heavy atom. The fourth-order valence-electron chi connectivity index (χ4n) is 2.64. The van der Waals surface area contributed by atoms with E-state index < -0.39 is 0 Å². The van der Waals surface area contributed by atoms with Crippen molar-refractivity contribution in [2.24, 2.45) is 0 Å². The minimum atomic E-state index is -0.280. The molecule has 1 amide bonds. The quantitative estimate of drug-likeness (QED) is 0.848. The molecule has 2 rings (SSSR count). The largest absolute Gasteiger partial charge is 0.392 e. The molecule has 1 aromatic rings. The summed E-state index contributed by atoms with van der Waals surface area (Å²) in [5.74, 6) is -0.0868. The normalized spacial score (nSPS) is 22.2. The van der Waals surface area contributed by atoms with E-state index in [-0.39, 0.29) is 12.0 Å². The number of β-amino-alcohol motifs (C(OH)–C–C–N with tert-alkyl or cyclic N) is 1. The fourth-order valence-corrected chi connectivity index (χ4v) is 3.39. The first-order valence-electron chi connectivity index (χ1n) is 7.30. The summed E-state index contributed by atoms with van der Waals surface area (Å²) in [6, 6.07) is 0.432. The predicted molar refractivity (Wildman–Crippen MR) is 84.4 cm³/mol. The number of thiazole rings is 1. The Morgan fingerprint density at radius 3 is 3.00 bits per heavy atom. The maximum Gasteiger partial charge on any atom is 0.223 e. The van der Waals surface area contributed by atoms with Crippen LogP contribution in [-0.4, -0.2) is 64.1 Å². The maximum absolute atomic E-state index is 11.0. The van der Waals surface area contributed by atoms with Crippen LogP contribution in [0.15, 0.2) is 5.38 Å². The highest BCUT2D eigenvalue weighted by Gasteiger charge is 2.24. The summed E-state index contributed by atoms with van der Waals surface area (Å²) in [7, 11) is 0. The van der Waals surface area contributed by atoms with Gasteiger partial charge < -0.3 is 10.4 Å². The van der Waals surface area contributed by atoms with Crippen molar-refractivity contribution in [2.45, 2.75) is 39.5 Å². The number of carbonyl (C=O) groups is 1. The van der Waals surface area contributed by atoms with E-state index in [0.29, 0.717) is 11.2 Å². The van der Waals surface area contributed by atoms with Gasteiger partial charge in [0.05, 0.1) is 11.8 Å². The molecule has 1 fully saturated rings. The molecule has 0 aliphatic carbocycles. The Labute approximate surface area is 129 Å². The molecule has 7 heteroatoms. The number of rotatable bonds is 5. The maximum atomic E-state index is 11.0. The van der Waals surface area contributed by atoms with Crippen molar-refractivity contribution in [1.82, 2.24) is 14.8 Å². The van der Waals surface area contributed by atoms with E-state index in [1.807, 2.05) is 12.3 Å². The minimum Gasteiger partial charge on any atom is -0.392 e. The van der Waals surface area contributed by atoms with Gasteiger partial charge in [-0.3, -0.25) is 14.6 Å². The molecule has 0 aromatic carbocycles. The Balaban J connectivity index is 1.84. The lowest BCUT2D eigenvalue weighted by molar-refractivity contribution is -0.114. The number of aliphatic hydroxyl groups excluding tert-OH is 1. The molecular formula is C14H24N4O2S. The molecule has 1 aliphatic heterocycles. The highest BCUT2D eigenvalue weighted by Crippen LogP contribution is 2.18. The van der Waals surface area contributed by atoms with Crippen LogP contribution in [0, 0.1) is 0 Å². The molecule has 0 radical (unpaired) electrons. The molecule has 0 saturated carbocycles. The molecule has 6 nitrogen and oxygen atoms in total. The lowest BCUT2D eigenvalue weighted by Gasteiger charge is -2.40. The van der Waals surface area contributed by atoms with Gasteiger partial charge in [0.1, 0.15) is 0 Å². The number of hydrogen-bond donors (Lipinski definition) is 2. The van der Waals surface area contributed by atoms with Crippen molar-refractivity contribution in [3.63, 3.8) is 0 Å². The smallest absolute Gasteiger partial charge is 0.223 e. The van der Waals surface area contributed by atoms with Gasteiger partial charge in [0.15, 0.2) is 5.13 Å². The number of piperazine rings is 1. The Morgan fingerprint density at radius 2 is 2.38 bits per heavy atom. The van der Waals surface area contributed by atoms with Gasteiger partial charge in [-0.1, -0.05) is 0 Å². The summed E-state index contributed by atoms with van der Waals surface area (Å²) in [5, 5.41) is 14.9. The first-order valence-corrected chi connectivity index (χ1v) is 8.18. The Hall–Kier alpha value is -1.02. The summed E-state index contributed by atoms with van der Waals surface area (Å²) in [5.41, 5.74) is 1.000. The second-order valence-electron chi connectivity index (χ2n) is 5.75. The highest BCUT2D eigenvalue weighted by atomic mass is 32.1. The summed E-state index contributed by atoms with van der Waals surface area (Å²) in [6.07, 6.45) is -0.280. The SMILES string of the molecule is CC(=O)Nc1nc(CN2CCN(C[C@@H](C)O)[C@H](C)C2)cs1. The number of aliphatic hydroxyl groups is 1. The number of anilines is 1. The molecule has 2 N–H and O–H groups in total. The topological polar surface area (TPSA) is 68.7 Å². The minimum absolute atomic E-state index is 0.0868. The second-order valence-corrected chi connectivity index (χ2v) is 6.61. The first-order chi connectivity index (χ1) is 9.94. The van der Waals surface area contributed by atoms with Gasteiger partial charge in [0.25, 0.3) is 0 Å². The molecule has 0 unspecified atom stereocenters. The zero-order valence-corrected chi connectivity index (χ0v) is 13.7. The molecular weight excluding hydrogens is 288 g/mol. The van der Waals surface area contributed by atoms with Gasteiger partial charge in [-0.2, -0.15) is 0 Å². The monoisotopic (exact) mass is 312 g/mol. The van der Waals surface area contributed by atoms with Crippen molar-refractivity contribution in [2.75, 3.05) is 31.5 Å². The average molecular weight is 312 g/mol. The van der Waals surface area contributed by atoms with Crippen LogP contribution in [0.4, 0.5) is 5.13 Å². The van der Waals surface area contributed by atoms with Crippen LogP contribution in [0.1, 0.15) is 26.5 Å². The predicted octanol–water partition coefficient (Wildman–Crippen LogP) is 0.988. The summed E-state index contributed by atoms with van der Waals surface area (Å²) < 4.78 is 0. The van der Waals surface area contributed by atoms with Gasteiger partial charge in [0, 0.05) is 51.1 Å². The third-order valence-electron chi connectivity index (χ3n) is 3.57. The number of nitrogens with zero attached hydrogens (tertiary/aromatic N) is 3. The average Bonchev–Trinajstić information content (AvgIpc) is 2.78. The van der Waals surface area contributed by atoms with Crippen LogP contribution in [0.5, 0.6) is 0 Å². The number of amides is 1. The highest BCUT2D eigenvalue weighted by molar-refractivity contribution is 7.13. The van der Waals surface area contributed by atoms with E-state index in [1.165, 1.54) is 18.3 Å². The van der Waals surface area contributed by atoms with Crippen molar-refractivity contribution in [3.05, 3.63) is 11.1 Å². The Kier molecular flexibility index (Phi) is 5.69. The van der Waals surface area contributed by atoms with Gasteiger partial charge in [0.2, 0.25) is 5.91 Å². The summed E-state index contributed by atoms with van der Waals surface area (Å²) in [6.45, 7) is 9.97. The molecule has 0 spiro atoms. The van der Waals surface area contributed by atoms with Crippen LogP contribution < -0.4 is 5.32 Å². The van der Waals surface area contributed by atoms with Gasteiger partial charge in [-0.25, -0.2) is 4.98 Å². The number of hydrogen-bond acceptors (Lipinski definition) is 6. The van der Waals surface area contributed by atoms with Crippen molar-refractivity contribution < 1.29 is 9.90 Å². The summed E-state index contributed by atoms with van der Waals surface area (Å²) >= 11 is 1.46. The fraction of sp³-hybridized carbons (Fsp3) is 0.714. The molecule has 21 heavy (non-hydrogen) atoms. The molecule has 2 heterocycles. The van der Waals surface area contributed by atoms with Crippen LogP contribution in [0.3, 0.4) is 0 Å². The molecule has 1 aliphatic rings.